The Bertz CT molecular complexity index is 255. The van der Waals surface area contributed by atoms with Crippen molar-refractivity contribution in [1.82, 2.24) is 10.2 Å². The van der Waals surface area contributed by atoms with E-state index < -0.39 is 0 Å². The van der Waals surface area contributed by atoms with E-state index >= 15 is 0 Å². The number of rotatable bonds is 9. The van der Waals surface area contributed by atoms with Gasteiger partial charge in [0.05, 0.1) is 6.54 Å². The minimum absolute atomic E-state index is 0.0531. The van der Waals surface area contributed by atoms with Gasteiger partial charge in [-0.3, -0.25) is 9.59 Å². The largest absolute Gasteiger partial charge is 0.385 e. The molecule has 0 atom stereocenters. The van der Waals surface area contributed by atoms with E-state index in [1.165, 1.54) is 6.92 Å². The molecule has 0 aromatic carbocycles. The molecular weight excluding hydrogens is 232 g/mol. The van der Waals surface area contributed by atoms with Crippen molar-refractivity contribution in [2.45, 2.75) is 33.6 Å². The van der Waals surface area contributed by atoms with E-state index in [0.717, 1.165) is 12.8 Å². The number of nitrogens with one attached hydrogen (secondary N) is 1. The minimum Gasteiger partial charge on any atom is -0.385 e. The molecule has 0 aromatic heterocycles. The summed E-state index contributed by atoms with van der Waals surface area (Å²) in [5, 5.41) is 2.78. The van der Waals surface area contributed by atoms with Crippen LogP contribution in [0.4, 0.5) is 0 Å². The Morgan fingerprint density at radius 3 is 2.50 bits per heavy atom. The van der Waals surface area contributed by atoms with E-state index in [2.05, 4.69) is 19.2 Å². The SMILES string of the molecule is COCCCNC(=O)CN(CCC(C)C)C(C)=O. The quantitative estimate of drug-likeness (QED) is 0.629. The normalized spacial score (nSPS) is 10.5. The van der Waals surface area contributed by atoms with Crippen molar-refractivity contribution in [2.24, 2.45) is 5.92 Å². The Hall–Kier alpha value is -1.10. The molecule has 106 valence electrons. The van der Waals surface area contributed by atoms with Crippen molar-refractivity contribution in [3.8, 4) is 0 Å². The molecule has 0 aliphatic carbocycles. The fraction of sp³-hybridized carbons (Fsp3) is 0.846. The molecule has 0 radical (unpaired) electrons. The Labute approximate surface area is 110 Å². The summed E-state index contributed by atoms with van der Waals surface area (Å²) < 4.78 is 4.89. The Kier molecular flexibility index (Phi) is 9.28. The van der Waals surface area contributed by atoms with Gasteiger partial charge in [0.1, 0.15) is 0 Å². The third-order valence-corrected chi connectivity index (χ3v) is 2.60. The highest BCUT2D eigenvalue weighted by atomic mass is 16.5. The zero-order chi connectivity index (χ0) is 14.0. The van der Waals surface area contributed by atoms with Crippen LogP contribution in [0.1, 0.15) is 33.6 Å². The predicted molar refractivity (Wildman–Crippen MR) is 71.2 cm³/mol. The molecule has 5 heteroatoms. The Morgan fingerprint density at radius 1 is 1.33 bits per heavy atom. The van der Waals surface area contributed by atoms with Crippen molar-refractivity contribution in [3.63, 3.8) is 0 Å². The summed E-state index contributed by atoms with van der Waals surface area (Å²) >= 11 is 0. The van der Waals surface area contributed by atoms with Crippen molar-refractivity contribution in [2.75, 3.05) is 33.4 Å². The first kappa shape index (κ1) is 16.9. The van der Waals surface area contributed by atoms with Crippen LogP contribution in [0.15, 0.2) is 0 Å². The first-order valence-corrected chi connectivity index (χ1v) is 6.48. The fourth-order valence-electron chi connectivity index (χ4n) is 1.44. The van der Waals surface area contributed by atoms with Crippen LogP contribution in [0.3, 0.4) is 0 Å². The summed E-state index contributed by atoms with van der Waals surface area (Å²) in [5.41, 5.74) is 0. The van der Waals surface area contributed by atoms with Gasteiger partial charge in [0, 0.05) is 33.7 Å². The molecule has 2 amide bonds. The van der Waals surface area contributed by atoms with E-state index in [4.69, 9.17) is 4.74 Å². The van der Waals surface area contributed by atoms with Crippen LogP contribution in [0.5, 0.6) is 0 Å². The summed E-state index contributed by atoms with van der Waals surface area (Å²) in [6.45, 7) is 7.70. The first-order chi connectivity index (χ1) is 8.47. The molecule has 5 nitrogen and oxygen atoms in total. The number of hydrogen-bond donors (Lipinski definition) is 1. The summed E-state index contributed by atoms with van der Waals surface area (Å²) in [6, 6.07) is 0. The van der Waals surface area contributed by atoms with Gasteiger partial charge in [-0.2, -0.15) is 0 Å². The minimum atomic E-state index is -0.106. The van der Waals surface area contributed by atoms with E-state index in [1.807, 2.05) is 0 Å². The van der Waals surface area contributed by atoms with E-state index in [9.17, 15) is 9.59 Å². The second-order valence-electron chi connectivity index (χ2n) is 4.82. The number of hydrogen-bond acceptors (Lipinski definition) is 3. The number of amides is 2. The van der Waals surface area contributed by atoms with E-state index in [-0.39, 0.29) is 18.4 Å². The van der Waals surface area contributed by atoms with Crippen molar-refractivity contribution in [1.29, 1.82) is 0 Å². The first-order valence-electron chi connectivity index (χ1n) is 6.48. The molecule has 0 fully saturated rings. The van der Waals surface area contributed by atoms with Gasteiger partial charge in [-0.25, -0.2) is 0 Å². The van der Waals surface area contributed by atoms with Crippen LogP contribution >= 0.6 is 0 Å². The number of nitrogens with zero attached hydrogens (tertiary/aromatic N) is 1. The van der Waals surface area contributed by atoms with Gasteiger partial charge in [0.15, 0.2) is 0 Å². The maximum Gasteiger partial charge on any atom is 0.239 e. The van der Waals surface area contributed by atoms with Crippen LogP contribution in [-0.4, -0.2) is 50.1 Å². The molecule has 1 N–H and O–H groups in total. The summed E-state index contributed by atoms with van der Waals surface area (Å²) in [7, 11) is 1.63. The molecule has 0 saturated carbocycles. The number of ether oxygens (including phenoxy) is 1. The zero-order valence-corrected chi connectivity index (χ0v) is 12.0. The molecule has 0 heterocycles. The van der Waals surface area contributed by atoms with Crippen LogP contribution in [0, 0.1) is 5.92 Å². The van der Waals surface area contributed by atoms with Crippen LogP contribution in [0.2, 0.25) is 0 Å². The van der Waals surface area contributed by atoms with Gasteiger partial charge in [0.25, 0.3) is 0 Å². The van der Waals surface area contributed by atoms with Gasteiger partial charge in [-0.05, 0) is 18.8 Å². The fourth-order valence-corrected chi connectivity index (χ4v) is 1.44. The average Bonchev–Trinajstić information content (AvgIpc) is 2.29. The summed E-state index contributed by atoms with van der Waals surface area (Å²) in [4.78, 5) is 24.6. The zero-order valence-electron chi connectivity index (χ0n) is 12.0. The lowest BCUT2D eigenvalue weighted by molar-refractivity contribution is -0.134. The number of methoxy groups -OCH3 is 1. The summed E-state index contributed by atoms with van der Waals surface area (Å²) in [5.74, 6) is 0.365. The molecule has 0 aliphatic rings. The van der Waals surface area contributed by atoms with Crippen LogP contribution < -0.4 is 5.32 Å². The van der Waals surface area contributed by atoms with E-state index in [0.29, 0.717) is 25.6 Å². The summed E-state index contributed by atoms with van der Waals surface area (Å²) in [6.07, 6.45) is 1.70. The third kappa shape index (κ3) is 8.98. The van der Waals surface area contributed by atoms with E-state index in [1.54, 1.807) is 12.0 Å². The highest BCUT2D eigenvalue weighted by Crippen LogP contribution is 2.02. The number of carbonyl (C=O) groups is 2. The molecule has 0 saturated heterocycles. The van der Waals surface area contributed by atoms with Crippen LogP contribution in [-0.2, 0) is 14.3 Å². The van der Waals surface area contributed by atoms with Crippen molar-refractivity contribution >= 4 is 11.8 Å². The maximum atomic E-state index is 11.6. The average molecular weight is 258 g/mol. The topological polar surface area (TPSA) is 58.6 Å². The van der Waals surface area contributed by atoms with Gasteiger partial charge < -0.3 is 15.0 Å². The molecule has 0 rings (SSSR count). The molecule has 0 aliphatic heterocycles. The van der Waals surface area contributed by atoms with Gasteiger partial charge in [-0.1, -0.05) is 13.8 Å². The number of carbonyl (C=O) groups excluding carboxylic acids is 2. The standard InChI is InChI=1S/C13H26N2O3/c1-11(2)6-8-15(12(3)16)10-13(17)14-7-5-9-18-4/h11H,5-10H2,1-4H3,(H,14,17). The van der Waals surface area contributed by atoms with Crippen molar-refractivity contribution < 1.29 is 14.3 Å². The lowest BCUT2D eigenvalue weighted by Crippen LogP contribution is -2.40. The molecule has 18 heavy (non-hydrogen) atoms. The second-order valence-corrected chi connectivity index (χ2v) is 4.82. The lowest BCUT2D eigenvalue weighted by Gasteiger charge is -2.21. The molecule has 0 spiro atoms. The predicted octanol–water partition coefficient (Wildman–Crippen LogP) is 1.03. The third-order valence-electron chi connectivity index (χ3n) is 2.60. The molecule has 0 aromatic rings. The second kappa shape index (κ2) is 9.88. The Balaban J connectivity index is 3.92. The molecular formula is C13H26N2O3. The smallest absolute Gasteiger partial charge is 0.239 e. The van der Waals surface area contributed by atoms with Gasteiger partial charge in [-0.15, -0.1) is 0 Å². The van der Waals surface area contributed by atoms with Gasteiger partial charge >= 0.3 is 0 Å². The molecule has 0 unspecified atom stereocenters. The maximum absolute atomic E-state index is 11.6. The monoisotopic (exact) mass is 258 g/mol. The Morgan fingerprint density at radius 2 is 2.00 bits per heavy atom. The van der Waals surface area contributed by atoms with Gasteiger partial charge in [0.2, 0.25) is 11.8 Å². The highest BCUT2D eigenvalue weighted by molar-refractivity contribution is 5.83. The van der Waals surface area contributed by atoms with Crippen molar-refractivity contribution in [3.05, 3.63) is 0 Å². The van der Waals surface area contributed by atoms with Crippen LogP contribution in [0.25, 0.3) is 0 Å². The highest BCUT2D eigenvalue weighted by Gasteiger charge is 2.13. The lowest BCUT2D eigenvalue weighted by atomic mass is 10.1. The molecule has 0 bridgehead atoms.